The average molecular weight is 185 g/mol. The van der Waals surface area contributed by atoms with Crippen LogP contribution >= 0.6 is 11.8 Å². The van der Waals surface area contributed by atoms with Gasteiger partial charge in [-0.05, 0) is 30.4 Å². The summed E-state index contributed by atoms with van der Waals surface area (Å²) >= 11 is 2.12. The number of thioether (sulfide) groups is 1. The summed E-state index contributed by atoms with van der Waals surface area (Å²) in [5, 5.41) is 3.73. The zero-order valence-electron chi connectivity index (χ0n) is 8.10. The Morgan fingerprint density at radius 3 is 2.58 bits per heavy atom. The molecule has 0 aromatic carbocycles. The standard InChI is InChI=1S/C10H19NS/c1-10(2)5-9(6-12-7-10)11-8-3-4-8/h8-9,11H,3-7H2,1-2H3. The molecule has 12 heavy (non-hydrogen) atoms. The van der Waals surface area contributed by atoms with Crippen molar-refractivity contribution in [1.29, 1.82) is 0 Å². The molecule has 1 saturated heterocycles. The molecular formula is C10H19NS. The van der Waals surface area contributed by atoms with Gasteiger partial charge >= 0.3 is 0 Å². The Labute approximate surface area is 79.7 Å². The minimum Gasteiger partial charge on any atom is -0.310 e. The fraction of sp³-hybridized carbons (Fsp3) is 1.00. The lowest BCUT2D eigenvalue weighted by atomic mass is 9.88. The molecule has 0 amide bonds. The van der Waals surface area contributed by atoms with Crippen LogP contribution in [0.25, 0.3) is 0 Å². The lowest BCUT2D eigenvalue weighted by Gasteiger charge is -2.35. The van der Waals surface area contributed by atoms with E-state index in [1.54, 1.807) is 0 Å². The van der Waals surface area contributed by atoms with Gasteiger partial charge in [0.1, 0.15) is 0 Å². The van der Waals surface area contributed by atoms with Crippen molar-refractivity contribution in [2.24, 2.45) is 5.41 Å². The van der Waals surface area contributed by atoms with E-state index in [-0.39, 0.29) is 0 Å². The summed E-state index contributed by atoms with van der Waals surface area (Å²) in [7, 11) is 0. The number of hydrogen-bond acceptors (Lipinski definition) is 2. The van der Waals surface area contributed by atoms with Crippen molar-refractivity contribution in [1.82, 2.24) is 5.32 Å². The Hall–Kier alpha value is 0.310. The molecule has 70 valence electrons. The van der Waals surface area contributed by atoms with Crippen molar-refractivity contribution in [2.45, 2.75) is 45.2 Å². The van der Waals surface area contributed by atoms with E-state index < -0.39 is 0 Å². The number of rotatable bonds is 2. The maximum atomic E-state index is 3.73. The highest BCUT2D eigenvalue weighted by molar-refractivity contribution is 7.99. The third kappa shape index (κ3) is 2.40. The summed E-state index contributed by atoms with van der Waals surface area (Å²) < 4.78 is 0. The van der Waals surface area contributed by atoms with Gasteiger partial charge in [0.2, 0.25) is 0 Å². The van der Waals surface area contributed by atoms with Gasteiger partial charge in [-0.15, -0.1) is 0 Å². The van der Waals surface area contributed by atoms with Gasteiger partial charge in [-0.3, -0.25) is 0 Å². The topological polar surface area (TPSA) is 12.0 Å². The smallest absolute Gasteiger partial charge is 0.0166 e. The van der Waals surface area contributed by atoms with Crippen LogP contribution in [0.2, 0.25) is 0 Å². The highest BCUT2D eigenvalue weighted by Gasteiger charge is 2.31. The van der Waals surface area contributed by atoms with E-state index >= 15 is 0 Å². The largest absolute Gasteiger partial charge is 0.310 e. The van der Waals surface area contributed by atoms with Crippen molar-refractivity contribution >= 4 is 11.8 Å². The molecule has 2 rings (SSSR count). The maximum Gasteiger partial charge on any atom is 0.0166 e. The molecule has 1 unspecified atom stereocenters. The van der Waals surface area contributed by atoms with Gasteiger partial charge < -0.3 is 5.32 Å². The second-order valence-corrected chi connectivity index (χ2v) is 6.05. The minimum atomic E-state index is 0.565. The molecule has 0 aromatic heterocycles. The van der Waals surface area contributed by atoms with E-state index in [1.807, 2.05) is 0 Å². The van der Waals surface area contributed by atoms with Crippen molar-refractivity contribution in [3.8, 4) is 0 Å². The molecule has 2 fully saturated rings. The van der Waals surface area contributed by atoms with Gasteiger partial charge in [-0.2, -0.15) is 11.8 Å². The first-order valence-corrected chi connectivity index (χ1v) is 6.15. The summed E-state index contributed by atoms with van der Waals surface area (Å²) in [5.74, 6) is 2.68. The predicted molar refractivity (Wildman–Crippen MR) is 55.7 cm³/mol. The van der Waals surface area contributed by atoms with Gasteiger partial charge in [0.05, 0.1) is 0 Å². The highest BCUT2D eigenvalue weighted by atomic mass is 32.2. The molecule has 1 heterocycles. The zero-order valence-corrected chi connectivity index (χ0v) is 8.91. The van der Waals surface area contributed by atoms with Crippen LogP contribution in [-0.2, 0) is 0 Å². The number of hydrogen-bond donors (Lipinski definition) is 1. The van der Waals surface area contributed by atoms with Crippen LogP contribution in [0.15, 0.2) is 0 Å². The fourth-order valence-electron chi connectivity index (χ4n) is 1.95. The van der Waals surface area contributed by atoms with E-state index in [9.17, 15) is 0 Å². The minimum absolute atomic E-state index is 0.565. The van der Waals surface area contributed by atoms with E-state index in [2.05, 4.69) is 30.9 Å². The molecule has 1 nitrogen and oxygen atoms in total. The van der Waals surface area contributed by atoms with Gasteiger partial charge in [-0.25, -0.2) is 0 Å². The monoisotopic (exact) mass is 185 g/mol. The zero-order chi connectivity index (χ0) is 8.60. The summed E-state index contributed by atoms with van der Waals surface area (Å²) in [4.78, 5) is 0. The molecule has 1 saturated carbocycles. The quantitative estimate of drug-likeness (QED) is 0.708. The number of nitrogens with one attached hydrogen (secondary N) is 1. The first kappa shape index (κ1) is 8.89. The Balaban J connectivity index is 1.81. The summed E-state index contributed by atoms with van der Waals surface area (Å²) in [6.07, 6.45) is 4.21. The molecule has 2 aliphatic rings. The first-order chi connectivity index (χ1) is 5.66. The Bertz CT molecular complexity index is 163. The SMILES string of the molecule is CC1(C)CSCC(NC2CC2)C1. The molecule has 1 N–H and O–H groups in total. The van der Waals surface area contributed by atoms with Crippen LogP contribution in [0, 0.1) is 5.41 Å². The van der Waals surface area contributed by atoms with E-state index in [1.165, 1.54) is 30.8 Å². The van der Waals surface area contributed by atoms with Crippen LogP contribution < -0.4 is 5.32 Å². The van der Waals surface area contributed by atoms with Crippen LogP contribution in [0.3, 0.4) is 0 Å². The molecule has 2 heteroatoms. The average Bonchev–Trinajstić information content (AvgIpc) is 2.69. The van der Waals surface area contributed by atoms with Gasteiger partial charge in [0, 0.05) is 17.8 Å². The third-order valence-electron chi connectivity index (χ3n) is 2.66. The van der Waals surface area contributed by atoms with Crippen LogP contribution in [0.4, 0.5) is 0 Å². The first-order valence-electron chi connectivity index (χ1n) is 4.99. The van der Waals surface area contributed by atoms with E-state index in [0.29, 0.717) is 5.41 Å². The summed E-state index contributed by atoms with van der Waals surface area (Å²) in [6.45, 7) is 4.78. The van der Waals surface area contributed by atoms with Crippen molar-refractivity contribution in [2.75, 3.05) is 11.5 Å². The second kappa shape index (κ2) is 3.22. The Kier molecular flexibility index (Phi) is 2.39. The van der Waals surface area contributed by atoms with E-state index in [4.69, 9.17) is 0 Å². The van der Waals surface area contributed by atoms with Gasteiger partial charge in [0.25, 0.3) is 0 Å². The van der Waals surface area contributed by atoms with E-state index in [0.717, 1.165) is 12.1 Å². The summed E-state index contributed by atoms with van der Waals surface area (Å²) in [6, 6.07) is 1.68. The maximum absolute atomic E-state index is 3.73. The molecule has 1 atom stereocenters. The molecule has 0 aromatic rings. The predicted octanol–water partition coefficient (Wildman–Crippen LogP) is 2.27. The molecule has 1 aliphatic heterocycles. The van der Waals surface area contributed by atoms with Crippen LogP contribution in [0.5, 0.6) is 0 Å². The van der Waals surface area contributed by atoms with Crippen molar-refractivity contribution < 1.29 is 0 Å². The lowest BCUT2D eigenvalue weighted by molar-refractivity contribution is 0.317. The highest BCUT2D eigenvalue weighted by Crippen LogP contribution is 2.34. The molecular weight excluding hydrogens is 166 g/mol. The van der Waals surface area contributed by atoms with Crippen molar-refractivity contribution in [3.63, 3.8) is 0 Å². The van der Waals surface area contributed by atoms with Gasteiger partial charge in [-0.1, -0.05) is 13.8 Å². The molecule has 0 spiro atoms. The molecule has 0 radical (unpaired) electrons. The van der Waals surface area contributed by atoms with Crippen LogP contribution in [0.1, 0.15) is 33.1 Å². The lowest BCUT2D eigenvalue weighted by Crippen LogP contribution is -2.41. The molecule has 1 aliphatic carbocycles. The van der Waals surface area contributed by atoms with Crippen molar-refractivity contribution in [3.05, 3.63) is 0 Å². The third-order valence-corrected chi connectivity index (χ3v) is 4.28. The van der Waals surface area contributed by atoms with Gasteiger partial charge in [0.15, 0.2) is 0 Å². The Morgan fingerprint density at radius 1 is 1.25 bits per heavy atom. The fourth-order valence-corrected chi connectivity index (χ4v) is 3.24. The normalized spacial score (nSPS) is 35.0. The Morgan fingerprint density at radius 2 is 2.00 bits per heavy atom. The molecule has 0 bridgehead atoms. The second-order valence-electron chi connectivity index (χ2n) is 5.02. The summed E-state index contributed by atoms with van der Waals surface area (Å²) in [5.41, 5.74) is 0.565. The van der Waals surface area contributed by atoms with Crippen LogP contribution in [-0.4, -0.2) is 23.6 Å².